The molecule has 0 aromatic rings. The molecule has 3 heteroatoms. The summed E-state index contributed by atoms with van der Waals surface area (Å²) in [5, 5.41) is 0. The number of nitrogens with two attached hydrogens (primary N) is 1. The largest absolute Gasteiger partial charge is 0.342 e. The second-order valence-electron chi connectivity index (χ2n) is 5.63. The van der Waals surface area contributed by atoms with Gasteiger partial charge in [0, 0.05) is 19.6 Å². The standard InChI is InChI=1S/C14H28N2O/c1-4-7-14(11-15,8-5-2)13(17)16-9-6-12(3)10-16/h12H,4-11,15H2,1-3H3. The van der Waals surface area contributed by atoms with E-state index < -0.39 is 0 Å². The van der Waals surface area contributed by atoms with E-state index in [1.54, 1.807) is 0 Å². The van der Waals surface area contributed by atoms with Gasteiger partial charge in [0.1, 0.15) is 0 Å². The van der Waals surface area contributed by atoms with E-state index in [9.17, 15) is 4.79 Å². The van der Waals surface area contributed by atoms with E-state index in [4.69, 9.17) is 5.73 Å². The van der Waals surface area contributed by atoms with Gasteiger partial charge in [-0.15, -0.1) is 0 Å². The first-order chi connectivity index (χ1) is 8.09. The van der Waals surface area contributed by atoms with E-state index >= 15 is 0 Å². The van der Waals surface area contributed by atoms with Crippen LogP contribution in [-0.4, -0.2) is 30.4 Å². The van der Waals surface area contributed by atoms with E-state index in [2.05, 4.69) is 20.8 Å². The number of carbonyl (C=O) groups excluding carboxylic acids is 1. The molecule has 100 valence electrons. The Labute approximate surface area is 106 Å². The molecule has 0 bridgehead atoms. The Morgan fingerprint density at radius 3 is 2.29 bits per heavy atom. The summed E-state index contributed by atoms with van der Waals surface area (Å²) in [5.74, 6) is 0.964. The highest BCUT2D eigenvalue weighted by atomic mass is 16.2. The normalized spacial score (nSPS) is 20.9. The Morgan fingerprint density at radius 2 is 1.94 bits per heavy atom. The molecule has 1 unspecified atom stereocenters. The van der Waals surface area contributed by atoms with Crippen molar-refractivity contribution in [3.8, 4) is 0 Å². The number of likely N-dealkylation sites (tertiary alicyclic amines) is 1. The maximum Gasteiger partial charge on any atom is 0.230 e. The second kappa shape index (κ2) is 6.39. The van der Waals surface area contributed by atoms with Gasteiger partial charge < -0.3 is 10.6 Å². The molecule has 17 heavy (non-hydrogen) atoms. The number of hydrogen-bond acceptors (Lipinski definition) is 2. The third kappa shape index (κ3) is 3.21. The number of amides is 1. The summed E-state index contributed by atoms with van der Waals surface area (Å²) in [5.41, 5.74) is 5.65. The zero-order chi connectivity index (χ0) is 12.9. The van der Waals surface area contributed by atoms with Gasteiger partial charge in [-0.05, 0) is 25.2 Å². The van der Waals surface area contributed by atoms with Crippen LogP contribution in [0.2, 0.25) is 0 Å². The lowest BCUT2D eigenvalue weighted by atomic mass is 9.78. The fourth-order valence-corrected chi connectivity index (χ4v) is 3.04. The van der Waals surface area contributed by atoms with Crippen LogP contribution in [0.15, 0.2) is 0 Å². The van der Waals surface area contributed by atoms with Crippen LogP contribution in [0.4, 0.5) is 0 Å². The molecule has 1 fully saturated rings. The molecule has 1 heterocycles. The lowest BCUT2D eigenvalue weighted by molar-refractivity contribution is -0.141. The van der Waals surface area contributed by atoms with Gasteiger partial charge in [-0.25, -0.2) is 0 Å². The van der Waals surface area contributed by atoms with Crippen LogP contribution in [-0.2, 0) is 4.79 Å². The third-order valence-corrected chi connectivity index (χ3v) is 4.01. The molecule has 1 saturated heterocycles. The predicted octanol–water partition coefficient (Wildman–Crippen LogP) is 2.40. The quantitative estimate of drug-likeness (QED) is 0.775. The topological polar surface area (TPSA) is 46.3 Å². The molecule has 0 aliphatic carbocycles. The van der Waals surface area contributed by atoms with E-state index in [-0.39, 0.29) is 5.41 Å². The third-order valence-electron chi connectivity index (χ3n) is 4.01. The lowest BCUT2D eigenvalue weighted by Crippen LogP contribution is -2.47. The van der Waals surface area contributed by atoms with Gasteiger partial charge in [0.25, 0.3) is 0 Å². The van der Waals surface area contributed by atoms with Crippen molar-refractivity contribution in [2.24, 2.45) is 17.1 Å². The summed E-state index contributed by atoms with van der Waals surface area (Å²) < 4.78 is 0. The molecule has 0 aromatic carbocycles. The molecule has 0 saturated carbocycles. The van der Waals surface area contributed by atoms with Crippen LogP contribution < -0.4 is 5.73 Å². The predicted molar refractivity (Wildman–Crippen MR) is 71.7 cm³/mol. The summed E-state index contributed by atoms with van der Waals surface area (Å²) in [6, 6.07) is 0. The van der Waals surface area contributed by atoms with Crippen LogP contribution >= 0.6 is 0 Å². The molecule has 3 nitrogen and oxygen atoms in total. The van der Waals surface area contributed by atoms with Crippen LogP contribution in [0.1, 0.15) is 52.9 Å². The van der Waals surface area contributed by atoms with Gasteiger partial charge in [0.2, 0.25) is 5.91 Å². The Hall–Kier alpha value is -0.570. The van der Waals surface area contributed by atoms with Crippen LogP contribution in [0, 0.1) is 11.3 Å². The van der Waals surface area contributed by atoms with Gasteiger partial charge in [0.05, 0.1) is 5.41 Å². The highest BCUT2D eigenvalue weighted by Crippen LogP contribution is 2.33. The number of rotatable bonds is 6. The summed E-state index contributed by atoms with van der Waals surface area (Å²) in [4.78, 5) is 14.7. The lowest BCUT2D eigenvalue weighted by Gasteiger charge is -2.34. The fraction of sp³-hybridized carbons (Fsp3) is 0.929. The molecule has 1 aliphatic heterocycles. The van der Waals surface area contributed by atoms with Crippen molar-refractivity contribution in [1.82, 2.24) is 4.90 Å². The first-order valence-electron chi connectivity index (χ1n) is 7.09. The molecule has 2 N–H and O–H groups in total. The molecule has 1 amide bonds. The van der Waals surface area contributed by atoms with E-state index in [1.165, 1.54) is 0 Å². The van der Waals surface area contributed by atoms with Crippen molar-refractivity contribution in [3.63, 3.8) is 0 Å². The van der Waals surface area contributed by atoms with Crippen molar-refractivity contribution < 1.29 is 4.79 Å². The molecule has 1 atom stereocenters. The maximum absolute atomic E-state index is 12.7. The van der Waals surface area contributed by atoms with Gasteiger partial charge >= 0.3 is 0 Å². The first-order valence-corrected chi connectivity index (χ1v) is 7.09. The molecular formula is C14H28N2O. The van der Waals surface area contributed by atoms with Crippen LogP contribution in [0.5, 0.6) is 0 Å². The van der Waals surface area contributed by atoms with Gasteiger partial charge in [-0.3, -0.25) is 4.79 Å². The summed E-state index contributed by atoms with van der Waals surface area (Å²) in [6.45, 7) is 8.85. The molecule has 0 radical (unpaired) electrons. The van der Waals surface area contributed by atoms with Crippen molar-refractivity contribution in [3.05, 3.63) is 0 Å². The average molecular weight is 240 g/mol. The minimum absolute atomic E-state index is 0.284. The molecule has 0 spiro atoms. The number of nitrogens with zero attached hydrogens (tertiary/aromatic N) is 1. The minimum atomic E-state index is -0.284. The number of carbonyl (C=O) groups is 1. The van der Waals surface area contributed by atoms with Crippen molar-refractivity contribution in [2.45, 2.75) is 52.9 Å². The molecule has 1 aliphatic rings. The highest BCUT2D eigenvalue weighted by molar-refractivity contribution is 5.83. The average Bonchev–Trinajstić information content (AvgIpc) is 2.74. The summed E-state index contributed by atoms with van der Waals surface area (Å²) in [7, 11) is 0. The zero-order valence-corrected chi connectivity index (χ0v) is 11.7. The van der Waals surface area contributed by atoms with Crippen molar-refractivity contribution >= 4 is 5.91 Å². The van der Waals surface area contributed by atoms with Gasteiger partial charge in [0.15, 0.2) is 0 Å². The maximum atomic E-state index is 12.7. The SMILES string of the molecule is CCCC(CN)(CCC)C(=O)N1CCC(C)C1. The summed E-state index contributed by atoms with van der Waals surface area (Å²) in [6.07, 6.45) is 5.07. The van der Waals surface area contributed by atoms with Crippen molar-refractivity contribution in [1.29, 1.82) is 0 Å². The number of hydrogen-bond donors (Lipinski definition) is 1. The monoisotopic (exact) mass is 240 g/mol. The van der Waals surface area contributed by atoms with Crippen LogP contribution in [0.3, 0.4) is 0 Å². The fourth-order valence-electron chi connectivity index (χ4n) is 3.04. The summed E-state index contributed by atoms with van der Waals surface area (Å²) >= 11 is 0. The van der Waals surface area contributed by atoms with E-state index in [0.717, 1.165) is 45.2 Å². The zero-order valence-electron chi connectivity index (χ0n) is 11.7. The van der Waals surface area contributed by atoms with E-state index in [1.807, 2.05) is 4.90 Å². The van der Waals surface area contributed by atoms with Gasteiger partial charge in [-0.2, -0.15) is 0 Å². The van der Waals surface area contributed by atoms with E-state index in [0.29, 0.717) is 18.4 Å². The Kier molecular flexibility index (Phi) is 5.44. The molecular weight excluding hydrogens is 212 g/mol. The Balaban J connectivity index is 2.77. The smallest absolute Gasteiger partial charge is 0.230 e. The minimum Gasteiger partial charge on any atom is -0.342 e. The first kappa shape index (κ1) is 14.5. The molecule has 0 aromatic heterocycles. The Morgan fingerprint density at radius 1 is 1.35 bits per heavy atom. The second-order valence-corrected chi connectivity index (χ2v) is 5.63. The molecule has 1 rings (SSSR count). The highest BCUT2D eigenvalue weighted by Gasteiger charge is 2.39. The van der Waals surface area contributed by atoms with Gasteiger partial charge in [-0.1, -0.05) is 33.6 Å². The van der Waals surface area contributed by atoms with Crippen molar-refractivity contribution in [2.75, 3.05) is 19.6 Å². The Bertz CT molecular complexity index is 247. The van der Waals surface area contributed by atoms with Crippen LogP contribution in [0.25, 0.3) is 0 Å².